The molecule has 0 radical (unpaired) electrons. The van der Waals surface area contributed by atoms with Crippen LogP contribution in [0.5, 0.6) is 11.5 Å². The minimum atomic E-state index is -4.58. The molecule has 0 unspecified atom stereocenters. The number of imide groups is 1. The van der Waals surface area contributed by atoms with Crippen LogP contribution in [-0.4, -0.2) is 58.3 Å². The van der Waals surface area contributed by atoms with Gasteiger partial charge in [0.15, 0.2) is 16.6 Å². The number of fused-ring (bicyclic) bond motifs is 6. The Bertz CT molecular complexity index is 1260. The predicted octanol–water partition coefficient (Wildman–Crippen LogP) is 3.10. The molecule has 12 heteroatoms. The van der Waals surface area contributed by atoms with Crippen molar-refractivity contribution in [2.45, 2.75) is 37.3 Å². The summed E-state index contributed by atoms with van der Waals surface area (Å²) in [5.74, 6) is 0.809. The summed E-state index contributed by atoms with van der Waals surface area (Å²) in [4.78, 5) is 30.6. The van der Waals surface area contributed by atoms with Crippen LogP contribution in [0.25, 0.3) is 0 Å². The van der Waals surface area contributed by atoms with Crippen LogP contribution in [-0.2, 0) is 17.5 Å². The fourth-order valence-corrected chi connectivity index (χ4v) is 5.56. The first-order valence-corrected chi connectivity index (χ1v) is 11.4. The van der Waals surface area contributed by atoms with Gasteiger partial charge in [0.2, 0.25) is 6.79 Å². The number of amides is 3. The molecule has 0 saturated carbocycles. The molecule has 2 aromatic rings. The quantitative estimate of drug-likeness (QED) is 0.509. The lowest BCUT2D eigenvalue weighted by Crippen LogP contribution is -2.56. The Morgan fingerprint density at radius 2 is 1.91 bits per heavy atom. The zero-order chi connectivity index (χ0) is 24.5. The van der Waals surface area contributed by atoms with Gasteiger partial charge in [-0.25, -0.2) is 9.69 Å². The van der Waals surface area contributed by atoms with E-state index in [0.29, 0.717) is 36.1 Å². The van der Waals surface area contributed by atoms with Crippen LogP contribution in [0.1, 0.15) is 17.5 Å². The Hall–Kier alpha value is -3.54. The van der Waals surface area contributed by atoms with E-state index in [1.165, 1.54) is 17.0 Å². The van der Waals surface area contributed by atoms with Gasteiger partial charge in [-0.1, -0.05) is 12.1 Å². The molecule has 4 heterocycles. The minimum Gasteiger partial charge on any atom is -0.454 e. The molecule has 3 atom stereocenters. The smallest absolute Gasteiger partial charge is 0.416 e. The first kappa shape index (κ1) is 22.0. The SMILES string of the molecule is O=C1[C@H]2[C@@H]3C[C@@H](CN3C(=S)NCc3ccc4c(c3)OCO4)N2C(=O)N1c1cccc(C(F)(F)F)c1. The Balaban J connectivity index is 1.17. The highest BCUT2D eigenvalue weighted by atomic mass is 32.1. The van der Waals surface area contributed by atoms with E-state index in [-0.39, 0.29) is 24.6 Å². The summed E-state index contributed by atoms with van der Waals surface area (Å²) in [6, 6.07) is 7.87. The Kier molecular flexibility index (Phi) is 4.85. The van der Waals surface area contributed by atoms with Gasteiger partial charge >= 0.3 is 12.2 Å². The second-order valence-corrected chi connectivity index (χ2v) is 9.20. The average molecular weight is 504 g/mol. The van der Waals surface area contributed by atoms with E-state index < -0.39 is 29.7 Å². The van der Waals surface area contributed by atoms with Crippen LogP contribution < -0.4 is 19.7 Å². The number of hydrogen-bond acceptors (Lipinski definition) is 5. The second kappa shape index (κ2) is 7.74. The zero-order valence-electron chi connectivity index (χ0n) is 18.1. The fourth-order valence-electron chi connectivity index (χ4n) is 5.28. The van der Waals surface area contributed by atoms with Crippen molar-refractivity contribution < 1.29 is 32.2 Å². The first-order valence-electron chi connectivity index (χ1n) is 11.0. The number of benzene rings is 2. The summed E-state index contributed by atoms with van der Waals surface area (Å²) in [7, 11) is 0. The van der Waals surface area contributed by atoms with Crippen molar-refractivity contribution in [3.8, 4) is 11.5 Å². The molecule has 0 aromatic heterocycles. The largest absolute Gasteiger partial charge is 0.454 e. The van der Waals surface area contributed by atoms with Gasteiger partial charge in [-0.2, -0.15) is 13.2 Å². The summed E-state index contributed by atoms with van der Waals surface area (Å²) in [5.41, 5.74) is -0.0646. The molecule has 3 fully saturated rings. The summed E-state index contributed by atoms with van der Waals surface area (Å²) >= 11 is 5.59. The van der Waals surface area contributed by atoms with E-state index >= 15 is 0 Å². The van der Waals surface area contributed by atoms with Crippen LogP contribution in [0.2, 0.25) is 0 Å². The number of nitrogens with zero attached hydrogens (tertiary/aromatic N) is 3. The third-order valence-electron chi connectivity index (χ3n) is 6.84. The van der Waals surface area contributed by atoms with Crippen molar-refractivity contribution in [2.24, 2.45) is 0 Å². The van der Waals surface area contributed by atoms with Crippen molar-refractivity contribution in [1.82, 2.24) is 15.1 Å². The Labute approximate surface area is 203 Å². The van der Waals surface area contributed by atoms with Crippen LogP contribution in [0, 0.1) is 0 Å². The van der Waals surface area contributed by atoms with E-state index in [4.69, 9.17) is 21.7 Å². The lowest BCUT2D eigenvalue weighted by atomic mass is 10.1. The Morgan fingerprint density at radius 3 is 2.71 bits per heavy atom. The number of carbonyl (C=O) groups is 2. The normalized spacial score (nSPS) is 24.4. The molecule has 2 aromatic carbocycles. The van der Waals surface area contributed by atoms with E-state index in [1.54, 1.807) is 0 Å². The van der Waals surface area contributed by atoms with Gasteiger partial charge in [0.05, 0.1) is 23.3 Å². The number of likely N-dealkylation sites (tertiary alicyclic amines) is 1. The van der Waals surface area contributed by atoms with E-state index in [1.807, 2.05) is 23.1 Å². The highest BCUT2D eigenvalue weighted by Gasteiger charge is 2.62. The summed E-state index contributed by atoms with van der Waals surface area (Å²) in [6.07, 6.45) is -4.01. The van der Waals surface area contributed by atoms with Crippen LogP contribution in [0.4, 0.5) is 23.7 Å². The van der Waals surface area contributed by atoms with E-state index in [9.17, 15) is 22.8 Å². The molecule has 182 valence electrons. The Morgan fingerprint density at radius 1 is 1.11 bits per heavy atom. The molecule has 0 spiro atoms. The van der Waals surface area contributed by atoms with Crippen molar-refractivity contribution in [3.63, 3.8) is 0 Å². The molecule has 6 rings (SSSR count). The summed E-state index contributed by atoms with van der Waals surface area (Å²) < 4.78 is 50.2. The molecule has 1 N–H and O–H groups in total. The van der Waals surface area contributed by atoms with Gasteiger partial charge in [0.1, 0.15) is 6.04 Å². The molecule has 35 heavy (non-hydrogen) atoms. The topological polar surface area (TPSA) is 74.4 Å². The standard InChI is InChI=1S/C23H19F3N4O4S/c24-23(25,26)13-2-1-3-14(7-13)30-20(31)19-16-8-15(29(19)22(30)32)10-28(16)21(35)27-9-12-4-5-17-18(6-12)34-11-33-17/h1-7,15-16,19H,8-11H2,(H,27,35)/t15-,16-,19+/m0/s1. The van der Waals surface area contributed by atoms with Crippen molar-refractivity contribution in [1.29, 1.82) is 0 Å². The maximum atomic E-state index is 13.3. The van der Waals surface area contributed by atoms with Gasteiger partial charge in [-0.15, -0.1) is 0 Å². The van der Waals surface area contributed by atoms with E-state index in [2.05, 4.69) is 5.32 Å². The molecular formula is C23H19F3N4O4S. The number of halogens is 3. The molecule has 3 amide bonds. The third kappa shape index (κ3) is 3.46. The number of thiocarbonyl (C=S) groups is 1. The number of urea groups is 1. The van der Waals surface area contributed by atoms with Crippen molar-refractivity contribution in [2.75, 3.05) is 18.2 Å². The van der Waals surface area contributed by atoms with Gasteiger partial charge in [-0.05, 0) is 54.5 Å². The summed E-state index contributed by atoms with van der Waals surface area (Å²) in [5, 5.41) is 3.65. The first-order chi connectivity index (χ1) is 16.7. The second-order valence-electron chi connectivity index (χ2n) is 8.81. The number of ether oxygens (including phenoxy) is 2. The minimum absolute atomic E-state index is 0.0846. The molecular weight excluding hydrogens is 485 g/mol. The van der Waals surface area contributed by atoms with Crippen LogP contribution in [0.3, 0.4) is 0 Å². The van der Waals surface area contributed by atoms with Gasteiger partial charge in [0, 0.05) is 13.1 Å². The van der Waals surface area contributed by atoms with Gasteiger partial charge in [-0.3, -0.25) is 4.79 Å². The van der Waals surface area contributed by atoms with Crippen molar-refractivity contribution in [3.05, 3.63) is 53.6 Å². The zero-order valence-corrected chi connectivity index (χ0v) is 18.9. The lowest BCUT2D eigenvalue weighted by Gasteiger charge is -2.36. The number of carbonyl (C=O) groups excluding carboxylic acids is 2. The summed E-state index contributed by atoms with van der Waals surface area (Å²) in [6.45, 7) is 1.06. The lowest BCUT2D eigenvalue weighted by molar-refractivity contribution is -0.137. The molecule has 0 aliphatic carbocycles. The monoisotopic (exact) mass is 504 g/mol. The maximum Gasteiger partial charge on any atom is 0.416 e. The van der Waals surface area contributed by atoms with Crippen LogP contribution >= 0.6 is 12.2 Å². The number of anilines is 1. The van der Waals surface area contributed by atoms with Crippen LogP contribution in [0.15, 0.2) is 42.5 Å². The average Bonchev–Trinajstić information content (AvgIpc) is 3.59. The number of alkyl halides is 3. The van der Waals surface area contributed by atoms with E-state index in [0.717, 1.165) is 22.6 Å². The van der Waals surface area contributed by atoms with Gasteiger partial charge < -0.3 is 24.6 Å². The molecule has 2 bridgehead atoms. The highest BCUT2D eigenvalue weighted by molar-refractivity contribution is 7.80. The predicted molar refractivity (Wildman–Crippen MR) is 121 cm³/mol. The molecule has 4 aliphatic rings. The molecule has 8 nitrogen and oxygen atoms in total. The van der Waals surface area contributed by atoms with Gasteiger partial charge in [0.25, 0.3) is 5.91 Å². The maximum absolute atomic E-state index is 13.3. The molecule has 4 aliphatic heterocycles. The number of hydrogen-bond donors (Lipinski definition) is 1. The number of piperazine rings is 1. The van der Waals surface area contributed by atoms with Crippen molar-refractivity contribution >= 4 is 35.0 Å². The number of nitrogens with one attached hydrogen (secondary N) is 1. The fraction of sp³-hybridized carbons (Fsp3) is 0.348. The molecule has 3 saturated heterocycles. The number of rotatable bonds is 3. The highest BCUT2D eigenvalue weighted by Crippen LogP contribution is 2.43. The third-order valence-corrected chi connectivity index (χ3v) is 7.22.